The number of nitrogens with one attached hydrogen (secondary N) is 1. The van der Waals surface area contributed by atoms with Crippen molar-refractivity contribution in [2.24, 2.45) is 0 Å². The van der Waals surface area contributed by atoms with Gasteiger partial charge < -0.3 is 9.88 Å². The van der Waals surface area contributed by atoms with Crippen molar-refractivity contribution in [3.8, 4) is 5.69 Å². The van der Waals surface area contributed by atoms with Crippen LogP contribution in [0.1, 0.15) is 12.7 Å². The van der Waals surface area contributed by atoms with Crippen LogP contribution in [0.2, 0.25) is 0 Å². The molecule has 0 bridgehead atoms. The molecule has 1 N–H and O–H groups in total. The maximum absolute atomic E-state index is 10.9. The number of imidazole rings is 1. The van der Waals surface area contributed by atoms with Crippen molar-refractivity contribution in [3.05, 3.63) is 42.5 Å². The Kier molecular flexibility index (Phi) is 2.72. The van der Waals surface area contributed by atoms with Crippen LogP contribution in [-0.4, -0.2) is 15.5 Å². The second-order valence-corrected chi connectivity index (χ2v) is 3.58. The van der Waals surface area contributed by atoms with E-state index in [2.05, 4.69) is 10.3 Å². The highest BCUT2D eigenvalue weighted by molar-refractivity contribution is 5.88. The van der Waals surface area contributed by atoms with Gasteiger partial charge in [-0.1, -0.05) is 6.07 Å². The van der Waals surface area contributed by atoms with Gasteiger partial charge in [0.05, 0.1) is 0 Å². The average molecular weight is 215 g/mol. The zero-order chi connectivity index (χ0) is 11.5. The number of carbonyl (C=O) groups excluding carboxylic acids is 1. The van der Waals surface area contributed by atoms with Gasteiger partial charge in [-0.2, -0.15) is 0 Å². The van der Waals surface area contributed by atoms with Crippen molar-refractivity contribution in [1.82, 2.24) is 9.55 Å². The summed E-state index contributed by atoms with van der Waals surface area (Å²) < 4.78 is 1.96. The van der Waals surface area contributed by atoms with E-state index in [1.165, 1.54) is 6.92 Å². The number of hydrogen-bond acceptors (Lipinski definition) is 2. The van der Waals surface area contributed by atoms with Crippen LogP contribution >= 0.6 is 0 Å². The second-order valence-electron chi connectivity index (χ2n) is 3.58. The van der Waals surface area contributed by atoms with Crippen LogP contribution in [0.4, 0.5) is 5.69 Å². The first-order valence-electron chi connectivity index (χ1n) is 5.05. The third kappa shape index (κ3) is 2.11. The van der Waals surface area contributed by atoms with Gasteiger partial charge in [-0.3, -0.25) is 4.79 Å². The summed E-state index contributed by atoms with van der Waals surface area (Å²) in [5.41, 5.74) is 1.78. The fourth-order valence-corrected chi connectivity index (χ4v) is 1.59. The highest BCUT2D eigenvalue weighted by Gasteiger charge is 2.01. The lowest BCUT2D eigenvalue weighted by Gasteiger charge is -2.07. The molecule has 16 heavy (non-hydrogen) atoms. The van der Waals surface area contributed by atoms with Crippen molar-refractivity contribution < 1.29 is 4.79 Å². The number of anilines is 1. The second kappa shape index (κ2) is 4.18. The molecule has 0 saturated carbocycles. The summed E-state index contributed by atoms with van der Waals surface area (Å²) in [4.78, 5) is 15.1. The Labute approximate surface area is 93.9 Å². The first kappa shape index (κ1) is 10.4. The molecule has 0 saturated heterocycles. The SMILES string of the molecule is CC(=O)Nc1cccc(-n2ccnc2C)c1. The molecule has 1 aromatic carbocycles. The summed E-state index contributed by atoms with van der Waals surface area (Å²) in [6.07, 6.45) is 3.64. The predicted octanol–water partition coefficient (Wildman–Crippen LogP) is 2.14. The van der Waals surface area contributed by atoms with Crippen LogP contribution in [0.3, 0.4) is 0 Å². The highest BCUT2D eigenvalue weighted by atomic mass is 16.1. The van der Waals surface area contributed by atoms with E-state index in [9.17, 15) is 4.79 Å². The summed E-state index contributed by atoms with van der Waals surface area (Å²) in [5.74, 6) is 0.847. The van der Waals surface area contributed by atoms with Crippen molar-refractivity contribution in [1.29, 1.82) is 0 Å². The van der Waals surface area contributed by atoms with Gasteiger partial charge in [0.25, 0.3) is 0 Å². The van der Waals surface area contributed by atoms with Crippen molar-refractivity contribution >= 4 is 11.6 Å². The Morgan fingerprint density at radius 3 is 2.88 bits per heavy atom. The van der Waals surface area contributed by atoms with Gasteiger partial charge in [-0.15, -0.1) is 0 Å². The van der Waals surface area contributed by atoms with E-state index in [-0.39, 0.29) is 5.91 Å². The van der Waals surface area contributed by atoms with Gasteiger partial charge in [0.2, 0.25) is 5.91 Å². The minimum Gasteiger partial charge on any atom is -0.326 e. The number of aryl methyl sites for hydroxylation is 1. The van der Waals surface area contributed by atoms with Crippen LogP contribution in [0.25, 0.3) is 5.69 Å². The Morgan fingerprint density at radius 1 is 1.44 bits per heavy atom. The Morgan fingerprint density at radius 2 is 2.25 bits per heavy atom. The molecule has 1 aromatic heterocycles. The fourth-order valence-electron chi connectivity index (χ4n) is 1.59. The number of rotatable bonds is 2. The molecule has 0 spiro atoms. The molecule has 4 heteroatoms. The maximum atomic E-state index is 10.9. The Bertz CT molecular complexity index is 516. The van der Waals surface area contributed by atoms with Crippen molar-refractivity contribution in [2.45, 2.75) is 13.8 Å². The standard InChI is InChI=1S/C12H13N3O/c1-9-13-6-7-15(9)12-5-3-4-11(8-12)14-10(2)16/h3-8H,1-2H3,(H,14,16). The molecule has 82 valence electrons. The molecule has 2 aromatic rings. The molecule has 1 amide bonds. The number of nitrogens with zero attached hydrogens (tertiary/aromatic N) is 2. The topological polar surface area (TPSA) is 46.9 Å². The lowest BCUT2D eigenvalue weighted by Crippen LogP contribution is -2.06. The average Bonchev–Trinajstić information content (AvgIpc) is 2.64. The van der Waals surface area contributed by atoms with E-state index >= 15 is 0 Å². The zero-order valence-corrected chi connectivity index (χ0v) is 9.27. The smallest absolute Gasteiger partial charge is 0.221 e. The van der Waals surface area contributed by atoms with Gasteiger partial charge in [-0.25, -0.2) is 4.98 Å². The van der Waals surface area contributed by atoms with E-state index in [4.69, 9.17) is 0 Å². The Hall–Kier alpha value is -2.10. The molecule has 2 rings (SSSR count). The molecule has 0 aliphatic heterocycles. The normalized spacial score (nSPS) is 10.1. The third-order valence-electron chi connectivity index (χ3n) is 2.27. The molecule has 0 atom stereocenters. The molecule has 1 heterocycles. The Balaban J connectivity index is 2.36. The number of benzene rings is 1. The van der Waals surface area contributed by atoms with Gasteiger partial charge in [0.15, 0.2) is 0 Å². The van der Waals surface area contributed by atoms with Crippen LogP contribution < -0.4 is 5.32 Å². The summed E-state index contributed by atoms with van der Waals surface area (Å²) in [6.45, 7) is 3.43. The van der Waals surface area contributed by atoms with Gasteiger partial charge >= 0.3 is 0 Å². The van der Waals surface area contributed by atoms with Crippen LogP contribution in [-0.2, 0) is 4.79 Å². The highest BCUT2D eigenvalue weighted by Crippen LogP contribution is 2.15. The lowest BCUT2D eigenvalue weighted by atomic mass is 10.2. The van der Waals surface area contributed by atoms with E-state index in [0.29, 0.717) is 0 Å². The van der Waals surface area contributed by atoms with Crippen molar-refractivity contribution in [2.75, 3.05) is 5.32 Å². The third-order valence-corrected chi connectivity index (χ3v) is 2.27. The molecule has 0 aliphatic carbocycles. The van der Waals surface area contributed by atoms with Crippen LogP contribution in [0, 0.1) is 6.92 Å². The summed E-state index contributed by atoms with van der Waals surface area (Å²) in [7, 11) is 0. The number of hydrogen-bond donors (Lipinski definition) is 1. The minimum absolute atomic E-state index is 0.0699. The van der Waals surface area contributed by atoms with Gasteiger partial charge in [0.1, 0.15) is 5.82 Å². The maximum Gasteiger partial charge on any atom is 0.221 e. The monoisotopic (exact) mass is 215 g/mol. The van der Waals surface area contributed by atoms with E-state index in [0.717, 1.165) is 17.2 Å². The summed E-state index contributed by atoms with van der Waals surface area (Å²) in [5, 5.41) is 2.75. The minimum atomic E-state index is -0.0699. The van der Waals surface area contributed by atoms with E-state index in [1.54, 1.807) is 6.20 Å². The zero-order valence-electron chi connectivity index (χ0n) is 9.27. The molecule has 0 unspecified atom stereocenters. The molecule has 0 aliphatic rings. The van der Waals surface area contributed by atoms with Crippen molar-refractivity contribution in [3.63, 3.8) is 0 Å². The molecule has 0 fully saturated rings. The quantitative estimate of drug-likeness (QED) is 0.834. The first-order chi connectivity index (χ1) is 7.66. The predicted molar refractivity (Wildman–Crippen MR) is 62.6 cm³/mol. The number of amides is 1. The summed E-state index contributed by atoms with van der Waals surface area (Å²) in [6, 6.07) is 7.65. The molecule has 4 nitrogen and oxygen atoms in total. The lowest BCUT2D eigenvalue weighted by molar-refractivity contribution is -0.114. The van der Waals surface area contributed by atoms with E-state index < -0.39 is 0 Å². The fraction of sp³-hybridized carbons (Fsp3) is 0.167. The summed E-state index contributed by atoms with van der Waals surface area (Å²) >= 11 is 0. The van der Waals surface area contributed by atoms with E-state index in [1.807, 2.05) is 42.0 Å². The molecular weight excluding hydrogens is 202 g/mol. The van der Waals surface area contributed by atoms with Crippen LogP contribution in [0.5, 0.6) is 0 Å². The number of aromatic nitrogens is 2. The number of carbonyl (C=O) groups is 1. The largest absolute Gasteiger partial charge is 0.326 e. The first-order valence-corrected chi connectivity index (χ1v) is 5.05. The molecule has 0 radical (unpaired) electrons. The van der Waals surface area contributed by atoms with Gasteiger partial charge in [0, 0.05) is 30.7 Å². The van der Waals surface area contributed by atoms with Gasteiger partial charge in [-0.05, 0) is 25.1 Å². The molecular formula is C12H13N3O. The van der Waals surface area contributed by atoms with Crippen LogP contribution in [0.15, 0.2) is 36.7 Å².